The van der Waals surface area contributed by atoms with Crippen molar-refractivity contribution >= 4 is 11.9 Å². The van der Waals surface area contributed by atoms with Crippen LogP contribution in [0.1, 0.15) is 13.8 Å². The minimum absolute atomic E-state index is 0.00621. The number of rotatable bonds is 7. The van der Waals surface area contributed by atoms with Gasteiger partial charge in [0.1, 0.15) is 18.1 Å². The first kappa shape index (κ1) is 17.8. The lowest BCUT2D eigenvalue weighted by Crippen LogP contribution is -2.14. The molecule has 1 aliphatic rings. The van der Waals surface area contributed by atoms with Crippen molar-refractivity contribution < 1.29 is 23.8 Å². The average Bonchev–Trinajstić information content (AvgIpc) is 3.12. The van der Waals surface area contributed by atoms with E-state index < -0.39 is 5.97 Å². The highest BCUT2D eigenvalue weighted by Crippen LogP contribution is 2.59. The zero-order valence-corrected chi connectivity index (χ0v) is 14.2. The Bertz CT molecular complexity index is 645. The third-order valence-electron chi connectivity index (χ3n) is 4.19. The molecule has 24 heavy (non-hydrogen) atoms. The summed E-state index contributed by atoms with van der Waals surface area (Å²) in [5, 5.41) is 0. The van der Waals surface area contributed by atoms with Crippen LogP contribution in [0.25, 0.3) is 0 Å². The molecule has 128 valence electrons. The number of esters is 2. The lowest BCUT2D eigenvalue weighted by atomic mass is 10.1. The summed E-state index contributed by atoms with van der Waals surface area (Å²) in [7, 11) is 1.31. The molecule has 0 radical (unpaired) electrons. The minimum atomic E-state index is -0.436. The Labute approximate surface area is 141 Å². The molecule has 0 heterocycles. The number of benzene rings is 1. The van der Waals surface area contributed by atoms with Crippen LogP contribution in [0.4, 0.5) is 0 Å². The zero-order chi connectivity index (χ0) is 17.7. The van der Waals surface area contributed by atoms with Gasteiger partial charge in [0.25, 0.3) is 0 Å². The maximum atomic E-state index is 12.2. The minimum Gasteiger partial charge on any atom is -0.466 e. The third kappa shape index (κ3) is 4.25. The van der Waals surface area contributed by atoms with Gasteiger partial charge >= 0.3 is 11.9 Å². The number of carbonyl (C=O) groups excluding carboxylic acids is 2. The van der Waals surface area contributed by atoms with Crippen LogP contribution in [0.15, 0.2) is 54.8 Å². The van der Waals surface area contributed by atoms with E-state index >= 15 is 0 Å². The first-order valence-corrected chi connectivity index (χ1v) is 7.69. The lowest BCUT2D eigenvalue weighted by Gasteiger charge is -2.10. The standard InChI is InChI=1S/C19H22O5/c1-13(24-14-8-6-5-7-9-14)12-23-18(21)17-15(19(17,2)3)10-11-16(20)22-4/h5-11,15,17H,1,12H2,2-4H3/t15-,17-/m0/s1. The molecule has 1 saturated carbocycles. The SMILES string of the molecule is C=C(COC(=O)[C@@H]1[C@H](C=CC(=O)OC)C1(C)C)Oc1ccccc1. The lowest BCUT2D eigenvalue weighted by molar-refractivity contribution is -0.145. The van der Waals surface area contributed by atoms with Crippen LogP contribution in [0.2, 0.25) is 0 Å². The molecule has 5 heteroatoms. The van der Waals surface area contributed by atoms with E-state index in [1.165, 1.54) is 13.2 Å². The van der Waals surface area contributed by atoms with Gasteiger partial charge in [-0.25, -0.2) is 4.79 Å². The number of hydrogen-bond acceptors (Lipinski definition) is 5. The second kappa shape index (κ2) is 7.34. The molecule has 1 aromatic carbocycles. The summed E-state index contributed by atoms with van der Waals surface area (Å²) < 4.78 is 15.3. The highest BCUT2D eigenvalue weighted by atomic mass is 16.6. The highest BCUT2D eigenvalue weighted by Gasteiger charge is 2.61. The van der Waals surface area contributed by atoms with Crippen molar-refractivity contribution in [3.63, 3.8) is 0 Å². The Hall–Kier alpha value is -2.56. The highest BCUT2D eigenvalue weighted by molar-refractivity contribution is 5.83. The summed E-state index contributed by atoms with van der Waals surface area (Å²) in [6.45, 7) is 7.66. The quantitative estimate of drug-likeness (QED) is 0.437. The Balaban J connectivity index is 1.83. The smallest absolute Gasteiger partial charge is 0.330 e. The van der Waals surface area contributed by atoms with Gasteiger partial charge in [-0.05, 0) is 23.5 Å². The molecule has 0 saturated heterocycles. The molecule has 2 rings (SSSR count). The molecule has 0 aliphatic heterocycles. The second-order valence-electron chi connectivity index (χ2n) is 6.27. The summed E-state index contributed by atoms with van der Waals surface area (Å²) in [5.41, 5.74) is -0.247. The predicted molar refractivity (Wildman–Crippen MR) is 89.1 cm³/mol. The van der Waals surface area contributed by atoms with Crippen LogP contribution in [0.3, 0.4) is 0 Å². The summed E-state index contributed by atoms with van der Waals surface area (Å²) >= 11 is 0. The van der Waals surface area contributed by atoms with Crippen LogP contribution in [0, 0.1) is 17.3 Å². The largest absolute Gasteiger partial charge is 0.466 e. The van der Waals surface area contributed by atoms with E-state index in [1.54, 1.807) is 18.2 Å². The van der Waals surface area contributed by atoms with Gasteiger partial charge < -0.3 is 14.2 Å². The fraction of sp³-hybridized carbons (Fsp3) is 0.368. The summed E-state index contributed by atoms with van der Waals surface area (Å²) in [6.07, 6.45) is 3.05. The van der Waals surface area contributed by atoms with Crippen molar-refractivity contribution in [3.8, 4) is 5.75 Å². The van der Waals surface area contributed by atoms with Crippen LogP contribution in [-0.2, 0) is 19.1 Å². The maximum Gasteiger partial charge on any atom is 0.330 e. The van der Waals surface area contributed by atoms with E-state index in [2.05, 4.69) is 11.3 Å². The fourth-order valence-electron chi connectivity index (χ4n) is 2.66. The molecule has 1 fully saturated rings. The number of hydrogen-bond donors (Lipinski definition) is 0. The molecule has 0 N–H and O–H groups in total. The molecule has 0 bridgehead atoms. The molecular weight excluding hydrogens is 308 g/mol. The number of allylic oxidation sites excluding steroid dienone is 1. The van der Waals surface area contributed by atoms with Crippen LogP contribution in [0.5, 0.6) is 5.75 Å². The van der Waals surface area contributed by atoms with Gasteiger partial charge in [-0.2, -0.15) is 0 Å². The van der Waals surface area contributed by atoms with Crippen LogP contribution in [-0.4, -0.2) is 25.7 Å². The average molecular weight is 330 g/mol. The van der Waals surface area contributed by atoms with E-state index in [1.807, 2.05) is 32.0 Å². The monoisotopic (exact) mass is 330 g/mol. The van der Waals surface area contributed by atoms with Crippen molar-refractivity contribution in [2.24, 2.45) is 17.3 Å². The first-order valence-electron chi connectivity index (χ1n) is 7.69. The van der Waals surface area contributed by atoms with Crippen LogP contribution < -0.4 is 4.74 Å². The number of carbonyl (C=O) groups is 2. The van der Waals surface area contributed by atoms with Gasteiger partial charge in [0.15, 0.2) is 0 Å². The van der Waals surface area contributed by atoms with Gasteiger partial charge in [-0.3, -0.25) is 4.79 Å². The van der Waals surface area contributed by atoms with Crippen LogP contribution >= 0.6 is 0 Å². The summed E-state index contributed by atoms with van der Waals surface area (Å²) in [4.78, 5) is 23.4. The maximum absolute atomic E-state index is 12.2. The molecule has 0 amide bonds. The Morgan fingerprint density at radius 2 is 1.92 bits per heavy atom. The number of para-hydroxylation sites is 1. The second-order valence-corrected chi connectivity index (χ2v) is 6.27. The molecule has 1 aromatic rings. The predicted octanol–water partition coefficient (Wildman–Crippen LogP) is 3.12. The Morgan fingerprint density at radius 1 is 1.25 bits per heavy atom. The summed E-state index contributed by atoms with van der Waals surface area (Å²) in [5.74, 6) is -0.0963. The zero-order valence-electron chi connectivity index (χ0n) is 14.2. The molecule has 0 unspecified atom stereocenters. The van der Waals surface area contributed by atoms with E-state index in [-0.39, 0.29) is 29.8 Å². The van der Waals surface area contributed by atoms with Crippen molar-refractivity contribution in [3.05, 3.63) is 54.8 Å². The van der Waals surface area contributed by atoms with Gasteiger partial charge in [0, 0.05) is 6.08 Å². The molecule has 5 nitrogen and oxygen atoms in total. The summed E-state index contributed by atoms with van der Waals surface area (Å²) in [6, 6.07) is 9.17. The molecule has 0 aromatic heterocycles. The Kier molecular flexibility index (Phi) is 5.44. The normalized spacial score (nSPS) is 21.1. The molecule has 0 spiro atoms. The molecular formula is C19H22O5. The van der Waals surface area contributed by atoms with Crippen molar-refractivity contribution in [1.82, 2.24) is 0 Å². The van der Waals surface area contributed by atoms with Crippen molar-refractivity contribution in [2.75, 3.05) is 13.7 Å². The fourth-order valence-corrected chi connectivity index (χ4v) is 2.66. The van der Waals surface area contributed by atoms with Crippen molar-refractivity contribution in [1.29, 1.82) is 0 Å². The topological polar surface area (TPSA) is 61.8 Å². The Morgan fingerprint density at radius 3 is 2.54 bits per heavy atom. The molecule has 2 atom stereocenters. The molecule has 1 aliphatic carbocycles. The van der Waals surface area contributed by atoms with Crippen molar-refractivity contribution in [2.45, 2.75) is 13.8 Å². The van der Waals surface area contributed by atoms with Gasteiger partial charge in [0.05, 0.1) is 13.0 Å². The number of ether oxygens (including phenoxy) is 3. The van der Waals surface area contributed by atoms with E-state index in [4.69, 9.17) is 9.47 Å². The van der Waals surface area contributed by atoms with E-state index in [9.17, 15) is 9.59 Å². The third-order valence-corrected chi connectivity index (χ3v) is 4.19. The first-order chi connectivity index (χ1) is 11.4. The number of methoxy groups -OCH3 is 1. The van der Waals surface area contributed by atoms with Gasteiger partial charge in [-0.15, -0.1) is 0 Å². The van der Waals surface area contributed by atoms with E-state index in [0.29, 0.717) is 11.5 Å². The van der Waals surface area contributed by atoms with E-state index in [0.717, 1.165) is 0 Å². The van der Waals surface area contributed by atoms with Gasteiger partial charge in [-0.1, -0.05) is 44.7 Å². The van der Waals surface area contributed by atoms with Gasteiger partial charge in [0.2, 0.25) is 0 Å².